The number of carbonyl (C=O) groups is 2. The lowest BCUT2D eigenvalue weighted by atomic mass is 10.0. The lowest BCUT2D eigenvalue weighted by Gasteiger charge is -2.08. The number of nitrogens with zero attached hydrogens (tertiary/aromatic N) is 1. The van der Waals surface area contributed by atoms with Crippen LogP contribution in [0.3, 0.4) is 0 Å². The van der Waals surface area contributed by atoms with Crippen LogP contribution in [0, 0.1) is 22.7 Å². The maximum Gasteiger partial charge on any atom is 0.338 e. The Morgan fingerprint density at radius 1 is 1.43 bits per heavy atom. The van der Waals surface area contributed by atoms with Crippen molar-refractivity contribution in [2.75, 3.05) is 13.4 Å². The molecule has 1 unspecified atom stereocenters. The zero-order chi connectivity index (χ0) is 15.4. The lowest BCUT2D eigenvalue weighted by Crippen LogP contribution is -2.25. The molecule has 1 aromatic carbocycles. The minimum Gasteiger partial charge on any atom is -0.454 e. The van der Waals surface area contributed by atoms with Gasteiger partial charge in [-0.05, 0) is 25.1 Å². The number of nitrogens with one attached hydrogen (secondary N) is 1. The number of ether oxygens (including phenoxy) is 3. The molecule has 0 saturated heterocycles. The first-order valence-corrected chi connectivity index (χ1v) is 6.07. The van der Waals surface area contributed by atoms with Crippen LogP contribution in [0.5, 0.6) is 11.5 Å². The quantitative estimate of drug-likeness (QED) is 0.646. The lowest BCUT2D eigenvalue weighted by molar-refractivity contribution is -0.122. The summed E-state index contributed by atoms with van der Waals surface area (Å²) in [6, 6.07) is 6.21. The van der Waals surface area contributed by atoms with Crippen LogP contribution in [0.1, 0.15) is 17.3 Å². The minimum absolute atomic E-state index is 0.0818. The van der Waals surface area contributed by atoms with Gasteiger partial charge in [0.1, 0.15) is 5.92 Å². The highest BCUT2D eigenvalue weighted by molar-refractivity contribution is 6.06. The summed E-state index contributed by atoms with van der Waals surface area (Å²) in [4.78, 5) is 23.5. The number of ketones is 1. The summed E-state index contributed by atoms with van der Waals surface area (Å²) in [5, 5.41) is 16.1. The fourth-order valence-electron chi connectivity index (χ4n) is 1.74. The molecule has 0 aromatic heterocycles. The largest absolute Gasteiger partial charge is 0.454 e. The Morgan fingerprint density at radius 3 is 2.81 bits per heavy atom. The van der Waals surface area contributed by atoms with E-state index in [1.807, 2.05) is 0 Å². The van der Waals surface area contributed by atoms with Crippen LogP contribution in [0.2, 0.25) is 0 Å². The highest BCUT2D eigenvalue weighted by Crippen LogP contribution is 2.32. The van der Waals surface area contributed by atoms with Crippen LogP contribution in [-0.4, -0.2) is 30.9 Å². The first kappa shape index (κ1) is 14.5. The van der Waals surface area contributed by atoms with E-state index in [-0.39, 0.29) is 18.1 Å². The average molecular weight is 288 g/mol. The van der Waals surface area contributed by atoms with Crippen LogP contribution >= 0.6 is 0 Å². The van der Waals surface area contributed by atoms with Gasteiger partial charge in [-0.25, -0.2) is 4.79 Å². The molecule has 0 saturated carbocycles. The number of fused-ring (bicyclic) bond motifs is 1. The molecule has 0 spiro atoms. The minimum atomic E-state index is -1.19. The Labute approximate surface area is 120 Å². The van der Waals surface area contributed by atoms with Crippen LogP contribution < -0.4 is 9.47 Å². The Bertz CT molecular complexity index is 647. The molecule has 1 aliphatic heterocycles. The summed E-state index contributed by atoms with van der Waals surface area (Å²) in [5.74, 6) is -1.55. The monoisotopic (exact) mass is 288 g/mol. The second-order valence-electron chi connectivity index (χ2n) is 4.36. The van der Waals surface area contributed by atoms with Crippen LogP contribution in [0.4, 0.5) is 0 Å². The van der Waals surface area contributed by atoms with Crippen LogP contribution in [-0.2, 0) is 9.53 Å². The van der Waals surface area contributed by atoms with Crippen molar-refractivity contribution < 1.29 is 23.8 Å². The number of carbonyl (C=O) groups excluding carboxylic acids is 2. The van der Waals surface area contributed by atoms with Gasteiger partial charge in [0.25, 0.3) is 0 Å². The Kier molecular flexibility index (Phi) is 4.18. The molecule has 0 fully saturated rings. The van der Waals surface area contributed by atoms with Gasteiger partial charge in [0.05, 0.1) is 11.6 Å². The Balaban J connectivity index is 1.98. The second kappa shape index (κ2) is 6.05. The maximum atomic E-state index is 11.8. The van der Waals surface area contributed by atoms with Crippen molar-refractivity contribution in [3.05, 3.63) is 23.8 Å². The molecule has 7 heteroatoms. The van der Waals surface area contributed by atoms with E-state index in [0.717, 1.165) is 0 Å². The summed E-state index contributed by atoms with van der Waals surface area (Å²) < 4.78 is 15.1. The van der Waals surface area contributed by atoms with Gasteiger partial charge in [0.15, 0.2) is 23.9 Å². The number of nitriles is 1. The fraction of sp³-hybridized carbons (Fsp3) is 0.286. The standard InChI is InChI=1S/C14H12N2O5/c1-8(16)10(5-15)11(17)6-19-14(18)9-2-3-12-13(4-9)21-7-20-12/h2-4,10,16H,6-7H2,1H3. The average Bonchev–Trinajstić information content (AvgIpc) is 2.92. The number of benzene rings is 1. The summed E-state index contributed by atoms with van der Waals surface area (Å²) in [6.07, 6.45) is 0. The third-order valence-electron chi connectivity index (χ3n) is 2.84. The second-order valence-corrected chi connectivity index (χ2v) is 4.36. The first-order valence-electron chi connectivity index (χ1n) is 6.07. The van der Waals surface area contributed by atoms with Crippen molar-refractivity contribution >= 4 is 17.5 Å². The van der Waals surface area contributed by atoms with E-state index in [4.69, 9.17) is 24.9 Å². The molecule has 1 N–H and O–H groups in total. The Morgan fingerprint density at radius 2 is 2.14 bits per heavy atom. The van der Waals surface area contributed by atoms with E-state index < -0.39 is 24.3 Å². The fourth-order valence-corrected chi connectivity index (χ4v) is 1.74. The molecule has 1 atom stereocenters. The predicted molar refractivity (Wildman–Crippen MR) is 70.4 cm³/mol. The molecule has 2 rings (SSSR count). The van der Waals surface area contributed by atoms with Gasteiger partial charge in [-0.1, -0.05) is 0 Å². The van der Waals surface area contributed by atoms with Gasteiger partial charge in [-0.2, -0.15) is 5.26 Å². The number of rotatable bonds is 5. The van der Waals surface area contributed by atoms with E-state index in [2.05, 4.69) is 0 Å². The van der Waals surface area contributed by atoms with E-state index >= 15 is 0 Å². The molecule has 21 heavy (non-hydrogen) atoms. The normalized spacial score (nSPS) is 13.1. The van der Waals surface area contributed by atoms with Gasteiger partial charge in [0.2, 0.25) is 6.79 Å². The number of Topliss-reactive ketones (excluding diaryl/α,β-unsaturated/α-hetero) is 1. The van der Waals surface area contributed by atoms with Crippen molar-refractivity contribution in [1.82, 2.24) is 0 Å². The predicted octanol–water partition coefficient (Wildman–Crippen LogP) is 1.32. The third kappa shape index (κ3) is 3.17. The smallest absolute Gasteiger partial charge is 0.338 e. The zero-order valence-corrected chi connectivity index (χ0v) is 11.2. The number of hydrogen-bond acceptors (Lipinski definition) is 7. The highest BCUT2D eigenvalue weighted by Gasteiger charge is 2.22. The molecule has 0 radical (unpaired) electrons. The topological polar surface area (TPSA) is 109 Å². The van der Waals surface area contributed by atoms with Gasteiger partial charge in [0, 0.05) is 5.71 Å². The van der Waals surface area contributed by atoms with E-state index in [1.54, 1.807) is 12.1 Å². The highest BCUT2D eigenvalue weighted by atomic mass is 16.7. The third-order valence-corrected chi connectivity index (χ3v) is 2.84. The van der Waals surface area contributed by atoms with Crippen molar-refractivity contribution in [3.8, 4) is 17.6 Å². The molecule has 0 bridgehead atoms. The number of esters is 1. The van der Waals surface area contributed by atoms with E-state index in [1.165, 1.54) is 19.1 Å². The molecule has 1 heterocycles. The van der Waals surface area contributed by atoms with Crippen LogP contribution in [0.15, 0.2) is 18.2 Å². The van der Waals surface area contributed by atoms with Crippen molar-refractivity contribution in [2.24, 2.45) is 5.92 Å². The maximum absolute atomic E-state index is 11.8. The molecule has 1 aromatic rings. The van der Waals surface area contributed by atoms with Crippen molar-refractivity contribution in [2.45, 2.75) is 6.92 Å². The number of hydrogen-bond donors (Lipinski definition) is 1. The molecule has 0 aliphatic carbocycles. The molecule has 7 nitrogen and oxygen atoms in total. The molecular weight excluding hydrogens is 276 g/mol. The molecule has 0 amide bonds. The molecule has 108 valence electrons. The van der Waals surface area contributed by atoms with Gasteiger partial charge < -0.3 is 19.6 Å². The summed E-state index contributed by atoms with van der Waals surface area (Å²) in [5.41, 5.74) is 0.133. The first-order chi connectivity index (χ1) is 10.0. The van der Waals surface area contributed by atoms with Gasteiger partial charge in [-0.15, -0.1) is 0 Å². The summed E-state index contributed by atoms with van der Waals surface area (Å²) in [7, 11) is 0. The molecular formula is C14H12N2O5. The van der Waals surface area contributed by atoms with E-state index in [9.17, 15) is 9.59 Å². The van der Waals surface area contributed by atoms with Crippen molar-refractivity contribution in [3.63, 3.8) is 0 Å². The van der Waals surface area contributed by atoms with Gasteiger partial charge >= 0.3 is 5.97 Å². The van der Waals surface area contributed by atoms with Crippen LogP contribution in [0.25, 0.3) is 0 Å². The van der Waals surface area contributed by atoms with E-state index in [0.29, 0.717) is 11.5 Å². The SMILES string of the molecule is CC(=N)C(C#N)C(=O)COC(=O)c1ccc2c(c1)OCO2. The summed E-state index contributed by atoms with van der Waals surface area (Å²) in [6.45, 7) is 0.891. The van der Waals surface area contributed by atoms with Crippen molar-refractivity contribution in [1.29, 1.82) is 10.7 Å². The zero-order valence-electron chi connectivity index (χ0n) is 11.2. The molecule has 1 aliphatic rings. The van der Waals surface area contributed by atoms with Gasteiger partial charge in [-0.3, -0.25) is 4.79 Å². The Hall–Kier alpha value is -2.88. The summed E-state index contributed by atoms with van der Waals surface area (Å²) >= 11 is 0.